The van der Waals surface area contributed by atoms with Gasteiger partial charge in [-0.05, 0) is 6.92 Å². The minimum absolute atomic E-state index is 0.0402. The highest BCUT2D eigenvalue weighted by atomic mass is 16.5. The maximum absolute atomic E-state index is 11.7. The van der Waals surface area contributed by atoms with Gasteiger partial charge in [-0.1, -0.05) is 6.92 Å². The van der Waals surface area contributed by atoms with Crippen molar-refractivity contribution in [2.45, 2.75) is 26.7 Å². The first-order valence-electron chi connectivity index (χ1n) is 7.67. The fraction of sp³-hybridized carbons (Fsp3) is 0.733. The fourth-order valence-electron chi connectivity index (χ4n) is 2.08. The summed E-state index contributed by atoms with van der Waals surface area (Å²) >= 11 is 0. The molecule has 0 unspecified atom stereocenters. The largest absolute Gasteiger partial charge is 0.377 e. The smallest absolute Gasteiger partial charge is 0.232 e. The van der Waals surface area contributed by atoms with Crippen LogP contribution in [0.4, 0.5) is 0 Å². The summed E-state index contributed by atoms with van der Waals surface area (Å²) in [4.78, 5) is 46.6. The minimum atomic E-state index is -0.288. The van der Waals surface area contributed by atoms with Gasteiger partial charge < -0.3 is 14.8 Å². The van der Waals surface area contributed by atoms with Crippen LogP contribution in [0.2, 0.25) is 0 Å². The van der Waals surface area contributed by atoms with Crippen molar-refractivity contribution in [2.75, 3.05) is 39.5 Å². The van der Waals surface area contributed by atoms with Gasteiger partial charge >= 0.3 is 0 Å². The van der Waals surface area contributed by atoms with E-state index in [0.717, 1.165) is 4.90 Å². The molecule has 1 fully saturated rings. The van der Waals surface area contributed by atoms with Gasteiger partial charge in [0.2, 0.25) is 17.7 Å². The summed E-state index contributed by atoms with van der Waals surface area (Å²) < 4.78 is 10.2. The number of amides is 3. The molecule has 1 N–H and O–H groups in total. The molecule has 23 heavy (non-hydrogen) atoms. The lowest BCUT2D eigenvalue weighted by atomic mass is 10.1. The van der Waals surface area contributed by atoms with E-state index in [1.54, 1.807) is 6.92 Å². The van der Waals surface area contributed by atoms with E-state index in [1.807, 2.05) is 0 Å². The Balaban J connectivity index is 2.01. The number of carbonyl (C=O) groups excluding carboxylic acids is 4. The molecular formula is C15H24N2O6. The van der Waals surface area contributed by atoms with E-state index in [4.69, 9.17) is 9.47 Å². The van der Waals surface area contributed by atoms with Crippen LogP contribution in [0.5, 0.6) is 0 Å². The zero-order valence-electron chi connectivity index (χ0n) is 13.6. The van der Waals surface area contributed by atoms with E-state index in [1.165, 1.54) is 6.92 Å². The van der Waals surface area contributed by atoms with Gasteiger partial charge in [0.05, 0.1) is 19.8 Å². The first kappa shape index (κ1) is 19.2. The molecule has 0 aromatic rings. The maximum atomic E-state index is 11.7. The summed E-state index contributed by atoms with van der Waals surface area (Å²) in [6.07, 6.45) is 0.311. The van der Waals surface area contributed by atoms with Gasteiger partial charge in [-0.2, -0.15) is 0 Å². The molecule has 0 bridgehead atoms. The van der Waals surface area contributed by atoms with Crippen LogP contribution < -0.4 is 5.32 Å². The Hall–Kier alpha value is -1.80. The van der Waals surface area contributed by atoms with Crippen LogP contribution in [0.1, 0.15) is 26.7 Å². The van der Waals surface area contributed by atoms with Gasteiger partial charge in [-0.3, -0.25) is 24.1 Å². The molecule has 130 valence electrons. The Labute approximate surface area is 135 Å². The topological polar surface area (TPSA) is 102 Å². The molecule has 1 heterocycles. The summed E-state index contributed by atoms with van der Waals surface area (Å²) in [7, 11) is 0. The van der Waals surface area contributed by atoms with E-state index in [9.17, 15) is 19.2 Å². The number of nitrogens with zero attached hydrogens (tertiary/aromatic N) is 1. The molecule has 0 saturated carbocycles. The van der Waals surface area contributed by atoms with E-state index in [0.29, 0.717) is 26.4 Å². The van der Waals surface area contributed by atoms with Crippen molar-refractivity contribution in [1.82, 2.24) is 10.2 Å². The van der Waals surface area contributed by atoms with Crippen molar-refractivity contribution in [3.8, 4) is 0 Å². The Morgan fingerprint density at radius 1 is 1.22 bits per heavy atom. The molecule has 3 amide bonds. The van der Waals surface area contributed by atoms with E-state index in [-0.39, 0.29) is 55.4 Å². The highest BCUT2D eigenvalue weighted by Crippen LogP contribution is 2.18. The summed E-state index contributed by atoms with van der Waals surface area (Å²) in [6.45, 7) is 4.68. The van der Waals surface area contributed by atoms with Crippen LogP contribution in [-0.2, 0) is 28.7 Å². The molecule has 0 aliphatic carbocycles. The fourth-order valence-corrected chi connectivity index (χ4v) is 2.08. The molecule has 0 aromatic heterocycles. The molecule has 8 nitrogen and oxygen atoms in total. The van der Waals surface area contributed by atoms with E-state index >= 15 is 0 Å². The van der Waals surface area contributed by atoms with Crippen LogP contribution >= 0.6 is 0 Å². The number of ether oxygens (including phenoxy) is 2. The van der Waals surface area contributed by atoms with Crippen molar-refractivity contribution in [3.05, 3.63) is 0 Å². The lowest BCUT2D eigenvalue weighted by Gasteiger charge is -2.14. The summed E-state index contributed by atoms with van der Waals surface area (Å²) in [5, 5.41) is 2.65. The predicted octanol–water partition coefficient (Wildman–Crippen LogP) is -0.490. The number of rotatable bonds is 11. The molecule has 1 aliphatic rings. The first-order valence-corrected chi connectivity index (χ1v) is 7.67. The number of carbonyl (C=O) groups is 4. The molecular weight excluding hydrogens is 304 g/mol. The lowest BCUT2D eigenvalue weighted by molar-refractivity contribution is -0.139. The third-order valence-corrected chi connectivity index (χ3v) is 3.28. The molecule has 1 aliphatic heterocycles. The van der Waals surface area contributed by atoms with Gasteiger partial charge in [-0.15, -0.1) is 0 Å². The average molecular weight is 328 g/mol. The van der Waals surface area contributed by atoms with Crippen molar-refractivity contribution >= 4 is 23.5 Å². The van der Waals surface area contributed by atoms with Crippen LogP contribution in [0, 0.1) is 5.92 Å². The third-order valence-electron chi connectivity index (χ3n) is 3.28. The number of ketones is 1. The average Bonchev–Trinajstić information content (AvgIpc) is 2.72. The standard InChI is InChI=1S/C15H24N2O6/c1-11-9-14(20)17(15(11)21)5-3-13(19)16-4-6-22-7-8-23-10-12(2)18/h11H,3-10H2,1-2H3,(H,16,19)/t11-/m1/s1. The highest BCUT2D eigenvalue weighted by Gasteiger charge is 2.35. The molecule has 0 aromatic carbocycles. The Morgan fingerprint density at radius 2 is 1.91 bits per heavy atom. The number of hydrogen-bond donors (Lipinski definition) is 1. The van der Waals surface area contributed by atoms with Gasteiger partial charge in [-0.25, -0.2) is 0 Å². The maximum Gasteiger partial charge on any atom is 0.232 e. The van der Waals surface area contributed by atoms with Gasteiger partial charge in [0.15, 0.2) is 5.78 Å². The molecule has 1 rings (SSSR count). The zero-order chi connectivity index (χ0) is 17.2. The number of likely N-dealkylation sites (tertiary alicyclic amines) is 1. The Morgan fingerprint density at radius 3 is 2.52 bits per heavy atom. The van der Waals surface area contributed by atoms with E-state index in [2.05, 4.69) is 5.32 Å². The Kier molecular flexibility index (Phi) is 8.42. The number of Topliss-reactive ketones (excluding diaryl/α,β-unsaturated/α-hetero) is 1. The van der Waals surface area contributed by atoms with Crippen LogP contribution in [0.15, 0.2) is 0 Å². The monoisotopic (exact) mass is 328 g/mol. The SMILES string of the molecule is CC(=O)COCCOCCNC(=O)CCN1C(=O)C[C@@H](C)C1=O. The van der Waals surface area contributed by atoms with Crippen LogP contribution in [0.25, 0.3) is 0 Å². The second-order valence-electron chi connectivity index (χ2n) is 5.46. The van der Waals surface area contributed by atoms with Gasteiger partial charge in [0.25, 0.3) is 0 Å². The predicted molar refractivity (Wildman–Crippen MR) is 80.4 cm³/mol. The van der Waals surface area contributed by atoms with Crippen molar-refractivity contribution in [2.24, 2.45) is 5.92 Å². The molecule has 0 spiro atoms. The highest BCUT2D eigenvalue weighted by molar-refractivity contribution is 6.03. The summed E-state index contributed by atoms with van der Waals surface area (Å²) in [5.74, 6) is -0.992. The molecule has 1 saturated heterocycles. The van der Waals surface area contributed by atoms with Crippen molar-refractivity contribution in [1.29, 1.82) is 0 Å². The zero-order valence-corrected chi connectivity index (χ0v) is 13.6. The second kappa shape index (κ2) is 10.1. The summed E-state index contributed by atoms with van der Waals surface area (Å²) in [5.41, 5.74) is 0. The molecule has 8 heteroatoms. The number of hydrogen-bond acceptors (Lipinski definition) is 6. The number of imide groups is 1. The van der Waals surface area contributed by atoms with Gasteiger partial charge in [0.1, 0.15) is 6.61 Å². The molecule has 1 atom stereocenters. The summed E-state index contributed by atoms with van der Waals surface area (Å²) in [6, 6.07) is 0. The van der Waals surface area contributed by atoms with Crippen molar-refractivity contribution < 1.29 is 28.7 Å². The minimum Gasteiger partial charge on any atom is -0.377 e. The molecule has 0 radical (unpaired) electrons. The van der Waals surface area contributed by atoms with Crippen LogP contribution in [0.3, 0.4) is 0 Å². The van der Waals surface area contributed by atoms with Crippen molar-refractivity contribution in [3.63, 3.8) is 0 Å². The third kappa shape index (κ3) is 7.34. The van der Waals surface area contributed by atoms with Gasteiger partial charge in [0, 0.05) is 31.8 Å². The normalized spacial score (nSPS) is 17.7. The number of nitrogens with one attached hydrogen (secondary N) is 1. The quantitative estimate of drug-likeness (QED) is 0.406. The van der Waals surface area contributed by atoms with E-state index < -0.39 is 0 Å². The second-order valence-corrected chi connectivity index (χ2v) is 5.46. The Bertz CT molecular complexity index is 451. The van der Waals surface area contributed by atoms with Crippen LogP contribution in [-0.4, -0.2) is 67.9 Å². The lowest BCUT2D eigenvalue weighted by Crippen LogP contribution is -2.35. The first-order chi connectivity index (χ1) is 10.9.